The Kier molecular flexibility index (Phi) is 5.70. The van der Waals surface area contributed by atoms with Gasteiger partial charge in [0.15, 0.2) is 6.29 Å². The van der Waals surface area contributed by atoms with E-state index >= 15 is 0 Å². The topological polar surface area (TPSA) is 73.5 Å². The molecule has 0 saturated carbocycles. The van der Waals surface area contributed by atoms with Gasteiger partial charge in [0.25, 0.3) is 0 Å². The van der Waals surface area contributed by atoms with Crippen molar-refractivity contribution in [3.63, 3.8) is 0 Å². The maximum absolute atomic E-state index is 12.7. The van der Waals surface area contributed by atoms with E-state index in [1.807, 2.05) is 0 Å². The Labute approximate surface area is 151 Å². The van der Waals surface area contributed by atoms with E-state index in [4.69, 9.17) is 23.2 Å². The molecule has 1 saturated heterocycles. The molecule has 1 heterocycles. The van der Waals surface area contributed by atoms with Crippen LogP contribution in [0.4, 0.5) is 22.8 Å². The Morgan fingerprint density at radius 1 is 1.12 bits per heavy atom. The van der Waals surface area contributed by atoms with E-state index in [2.05, 4.69) is 16.0 Å². The highest BCUT2D eigenvalue weighted by Crippen LogP contribution is 2.27. The molecule has 3 N–H and O–H groups in total. The number of carbonyl (C=O) groups excluding carboxylic acids is 2. The normalized spacial score (nSPS) is 18.6. The Morgan fingerprint density at radius 2 is 1.68 bits per heavy atom. The van der Waals surface area contributed by atoms with Crippen LogP contribution in [0.2, 0.25) is 10.0 Å². The third kappa shape index (κ3) is 4.47. The monoisotopic (exact) mass is 398 g/mol. The molecule has 2 atom stereocenters. The molecule has 1 aromatic rings. The summed E-state index contributed by atoms with van der Waals surface area (Å²) in [6.45, 7) is 2.45. The quantitative estimate of drug-likeness (QED) is 0.725. The lowest BCUT2D eigenvalue weighted by atomic mass is 10.1. The maximum atomic E-state index is 12.7. The van der Waals surface area contributed by atoms with Gasteiger partial charge in [-0.05, 0) is 31.5 Å². The summed E-state index contributed by atoms with van der Waals surface area (Å²) in [5.74, 6) is 0. The molecule has 2 rings (SSSR count). The average Bonchev–Trinajstić information content (AvgIpc) is 2.48. The first-order valence-electron chi connectivity index (χ1n) is 7.18. The number of benzene rings is 1. The molecule has 1 aromatic carbocycles. The molecule has 0 spiro atoms. The number of alkyl halides is 3. The van der Waals surface area contributed by atoms with Gasteiger partial charge in [0.2, 0.25) is 0 Å². The summed E-state index contributed by atoms with van der Waals surface area (Å²) in [6.07, 6.45) is -5.76. The van der Waals surface area contributed by atoms with Crippen LogP contribution in [0.3, 0.4) is 0 Å². The number of carbonyl (C=O) groups is 2. The van der Waals surface area contributed by atoms with Crippen LogP contribution in [0, 0.1) is 0 Å². The second-order valence-corrected chi connectivity index (χ2v) is 6.30. The molecular weight excluding hydrogens is 384 g/mol. The lowest BCUT2D eigenvalue weighted by molar-refractivity contribution is -0.166. The minimum absolute atomic E-state index is 0.0853. The number of imide groups is 1. The zero-order valence-corrected chi connectivity index (χ0v) is 14.6. The number of rotatable bonds is 4. The summed E-state index contributed by atoms with van der Waals surface area (Å²) in [5.41, 5.74) is 0.712. The van der Waals surface area contributed by atoms with Crippen LogP contribution >= 0.6 is 23.2 Å². The van der Waals surface area contributed by atoms with Crippen molar-refractivity contribution in [3.05, 3.63) is 33.8 Å². The molecule has 138 valence electrons. The van der Waals surface area contributed by atoms with Crippen molar-refractivity contribution in [2.45, 2.75) is 38.4 Å². The molecular formula is C14H15Cl2F3N4O2. The van der Waals surface area contributed by atoms with Crippen LogP contribution in [-0.4, -0.2) is 35.5 Å². The van der Waals surface area contributed by atoms with Crippen molar-refractivity contribution in [3.8, 4) is 0 Å². The van der Waals surface area contributed by atoms with Gasteiger partial charge in [-0.15, -0.1) is 0 Å². The van der Waals surface area contributed by atoms with E-state index in [1.54, 1.807) is 25.1 Å². The minimum atomic E-state index is -4.72. The molecule has 0 aromatic heterocycles. The first kappa shape index (κ1) is 19.6. The Bertz CT molecular complexity index is 669. The van der Waals surface area contributed by atoms with Crippen molar-refractivity contribution < 1.29 is 22.8 Å². The number of hydrogen-bond acceptors (Lipinski definition) is 3. The maximum Gasteiger partial charge on any atom is 0.409 e. The van der Waals surface area contributed by atoms with Gasteiger partial charge in [-0.2, -0.15) is 13.2 Å². The van der Waals surface area contributed by atoms with Gasteiger partial charge in [-0.3, -0.25) is 5.32 Å². The van der Waals surface area contributed by atoms with E-state index in [9.17, 15) is 22.8 Å². The molecule has 0 unspecified atom stereocenters. The predicted molar refractivity (Wildman–Crippen MR) is 86.2 cm³/mol. The van der Waals surface area contributed by atoms with E-state index < -0.39 is 30.6 Å². The van der Waals surface area contributed by atoms with Crippen molar-refractivity contribution >= 4 is 35.3 Å². The van der Waals surface area contributed by atoms with Crippen molar-refractivity contribution in [1.82, 2.24) is 20.9 Å². The standard InChI is InChI=1S/C14H15Cl2F3N4O2/c1-6(8-3-4-9(15)10(16)5-8)20-11-21-12(24)23(13(25)22-11)7(2)14(17,18)19/h3-7,11,20H,1-2H3,(H,21,24)(H,22,25)/t6-,7+/m0/s1. The summed E-state index contributed by atoms with van der Waals surface area (Å²) in [7, 11) is 0. The molecule has 25 heavy (non-hydrogen) atoms. The van der Waals surface area contributed by atoms with Crippen LogP contribution in [0.1, 0.15) is 25.5 Å². The first-order chi connectivity index (χ1) is 11.5. The molecule has 1 fully saturated rings. The van der Waals surface area contributed by atoms with Crippen LogP contribution in [0.25, 0.3) is 0 Å². The largest absolute Gasteiger partial charge is 0.409 e. The van der Waals surface area contributed by atoms with Crippen molar-refractivity contribution in [2.24, 2.45) is 0 Å². The second-order valence-electron chi connectivity index (χ2n) is 5.48. The van der Waals surface area contributed by atoms with Gasteiger partial charge in [-0.1, -0.05) is 29.3 Å². The Hall–Kier alpha value is -1.71. The minimum Gasteiger partial charge on any atom is -0.304 e. The highest BCUT2D eigenvalue weighted by molar-refractivity contribution is 6.42. The predicted octanol–water partition coefficient (Wildman–Crippen LogP) is 3.61. The summed E-state index contributed by atoms with van der Waals surface area (Å²) in [6, 6.07) is -0.0438. The van der Waals surface area contributed by atoms with Crippen LogP contribution in [-0.2, 0) is 0 Å². The van der Waals surface area contributed by atoms with Crippen molar-refractivity contribution in [1.29, 1.82) is 0 Å². The lowest BCUT2D eigenvalue weighted by Gasteiger charge is -2.37. The van der Waals surface area contributed by atoms with Gasteiger partial charge in [-0.25, -0.2) is 14.5 Å². The fourth-order valence-electron chi connectivity index (χ4n) is 2.22. The van der Waals surface area contributed by atoms with Crippen LogP contribution in [0.15, 0.2) is 18.2 Å². The molecule has 6 nitrogen and oxygen atoms in total. The third-order valence-corrected chi connectivity index (χ3v) is 4.43. The average molecular weight is 399 g/mol. The van der Waals surface area contributed by atoms with Crippen LogP contribution < -0.4 is 16.0 Å². The van der Waals surface area contributed by atoms with Gasteiger partial charge in [0, 0.05) is 6.04 Å². The lowest BCUT2D eigenvalue weighted by Crippen LogP contribution is -2.70. The number of amides is 4. The van der Waals surface area contributed by atoms with Gasteiger partial charge in [0.05, 0.1) is 10.0 Å². The zero-order valence-electron chi connectivity index (χ0n) is 13.1. The first-order valence-corrected chi connectivity index (χ1v) is 7.94. The number of halogens is 5. The summed E-state index contributed by atoms with van der Waals surface area (Å²) < 4.78 is 38.2. The Balaban J connectivity index is 2.05. The fraction of sp³-hybridized carbons (Fsp3) is 0.429. The number of hydrogen-bond donors (Lipinski definition) is 3. The molecule has 11 heteroatoms. The highest BCUT2D eigenvalue weighted by atomic mass is 35.5. The van der Waals surface area contributed by atoms with Crippen LogP contribution in [0.5, 0.6) is 0 Å². The number of urea groups is 2. The molecule has 4 amide bonds. The molecule has 0 radical (unpaired) electrons. The summed E-state index contributed by atoms with van der Waals surface area (Å²) >= 11 is 11.8. The molecule has 0 bridgehead atoms. The van der Waals surface area contributed by atoms with Gasteiger partial charge < -0.3 is 10.6 Å². The van der Waals surface area contributed by atoms with Gasteiger partial charge in [0.1, 0.15) is 6.04 Å². The summed E-state index contributed by atoms with van der Waals surface area (Å²) in [5, 5.41) is 8.09. The molecule has 1 aliphatic heterocycles. The third-order valence-electron chi connectivity index (χ3n) is 3.69. The van der Waals surface area contributed by atoms with E-state index in [-0.39, 0.29) is 10.9 Å². The molecule has 1 aliphatic rings. The summed E-state index contributed by atoms with van der Waals surface area (Å²) in [4.78, 5) is 23.9. The van der Waals surface area contributed by atoms with E-state index in [0.29, 0.717) is 15.6 Å². The highest BCUT2D eigenvalue weighted by Gasteiger charge is 2.47. The van der Waals surface area contributed by atoms with Crippen molar-refractivity contribution in [2.75, 3.05) is 0 Å². The van der Waals surface area contributed by atoms with E-state index in [1.165, 1.54) is 0 Å². The second kappa shape index (κ2) is 7.27. The van der Waals surface area contributed by atoms with Gasteiger partial charge >= 0.3 is 18.2 Å². The van der Waals surface area contributed by atoms with E-state index in [0.717, 1.165) is 6.92 Å². The number of nitrogens with one attached hydrogen (secondary N) is 3. The smallest absolute Gasteiger partial charge is 0.304 e. The SMILES string of the molecule is C[C@H](NC1NC(=O)N([C@H](C)C(F)(F)F)C(=O)N1)c1ccc(Cl)c(Cl)c1. The Morgan fingerprint density at radius 3 is 2.16 bits per heavy atom. The molecule has 0 aliphatic carbocycles. The number of nitrogens with zero attached hydrogens (tertiary/aromatic N) is 1. The zero-order chi connectivity index (χ0) is 18.9. The fourth-order valence-corrected chi connectivity index (χ4v) is 2.53.